The lowest BCUT2D eigenvalue weighted by Gasteiger charge is -2.28. The Bertz CT molecular complexity index is 1590. The van der Waals surface area contributed by atoms with Crippen LogP contribution in [0.5, 0.6) is 5.75 Å². The molecule has 0 saturated carbocycles. The fourth-order valence-corrected chi connectivity index (χ4v) is 5.03. The number of hydrogen-bond acceptors (Lipinski definition) is 10. The first-order valence-electron chi connectivity index (χ1n) is 13.0. The van der Waals surface area contributed by atoms with E-state index in [0.717, 1.165) is 32.7 Å². The quantitative estimate of drug-likeness (QED) is 0.0809. The van der Waals surface area contributed by atoms with Crippen LogP contribution in [0.1, 0.15) is 30.5 Å². The average Bonchev–Trinajstić information content (AvgIpc) is 3.40. The SMILES string of the molecule is CC(C)(C(=O)[C@@H](N)Cc1ccc(OCc2ccccc2)cc1)C(=O)N(N)c1nn(C(=O)OCc2ccccc2)c(=S)s1. The molecule has 1 atom stereocenters. The van der Waals surface area contributed by atoms with E-state index in [9.17, 15) is 14.4 Å². The fraction of sp³-hybridized carbons (Fsp3) is 0.233. The number of amides is 1. The number of Topliss-reactive ketones (excluding diaryl/α,β-unsaturated/α-hetero) is 1. The van der Waals surface area contributed by atoms with Gasteiger partial charge in [0.25, 0.3) is 5.91 Å². The first kappa shape index (κ1) is 30.7. The highest BCUT2D eigenvalue weighted by molar-refractivity contribution is 7.73. The Morgan fingerprint density at radius 2 is 1.50 bits per heavy atom. The zero-order valence-electron chi connectivity index (χ0n) is 23.1. The van der Waals surface area contributed by atoms with Gasteiger partial charge in [-0.05, 0) is 61.3 Å². The third kappa shape index (κ3) is 7.53. The van der Waals surface area contributed by atoms with Gasteiger partial charge >= 0.3 is 6.09 Å². The summed E-state index contributed by atoms with van der Waals surface area (Å²) >= 11 is 6.06. The second kappa shape index (κ2) is 13.6. The highest BCUT2D eigenvalue weighted by Crippen LogP contribution is 2.27. The fourth-order valence-electron chi connectivity index (χ4n) is 4.03. The number of ether oxygens (including phenoxy) is 2. The maximum Gasteiger partial charge on any atom is 0.437 e. The van der Waals surface area contributed by atoms with Crippen molar-refractivity contribution in [2.24, 2.45) is 17.0 Å². The van der Waals surface area contributed by atoms with E-state index in [1.165, 1.54) is 13.8 Å². The van der Waals surface area contributed by atoms with Crippen molar-refractivity contribution in [3.05, 3.63) is 106 Å². The topological polar surface area (TPSA) is 143 Å². The van der Waals surface area contributed by atoms with Gasteiger partial charge in [-0.3, -0.25) is 9.59 Å². The van der Waals surface area contributed by atoms with Crippen molar-refractivity contribution >= 4 is 46.5 Å². The Kier molecular flexibility index (Phi) is 9.96. The summed E-state index contributed by atoms with van der Waals surface area (Å²) < 4.78 is 11.9. The Hall–Kier alpha value is -4.23. The standard InChI is InChI=1S/C30H31N5O5S2/c1-30(2,25(36)24(31)17-20-13-15-23(16-14-20)39-18-21-9-5-3-6-10-21)26(37)34(32)27-33-35(29(41)42-27)28(38)40-19-22-11-7-4-8-12-22/h3-16,24H,17-19,31-32H2,1-2H3/t24-/m0/s1. The number of rotatable bonds is 11. The van der Waals surface area contributed by atoms with Crippen molar-refractivity contribution in [3.63, 3.8) is 0 Å². The number of benzene rings is 3. The molecule has 0 saturated heterocycles. The van der Waals surface area contributed by atoms with Crippen LogP contribution < -0.4 is 21.3 Å². The van der Waals surface area contributed by atoms with Gasteiger partial charge in [0.15, 0.2) is 9.74 Å². The van der Waals surface area contributed by atoms with Crippen LogP contribution in [0.25, 0.3) is 0 Å². The highest BCUT2D eigenvalue weighted by Gasteiger charge is 2.42. The molecule has 0 spiro atoms. The predicted octanol–water partition coefficient (Wildman–Crippen LogP) is 4.81. The number of carbonyl (C=O) groups is 3. The molecule has 42 heavy (non-hydrogen) atoms. The van der Waals surface area contributed by atoms with E-state index in [2.05, 4.69) is 5.10 Å². The third-order valence-corrected chi connectivity index (χ3v) is 7.69. The molecule has 1 heterocycles. The lowest BCUT2D eigenvalue weighted by atomic mass is 9.81. The second-order valence-corrected chi connectivity index (χ2v) is 11.6. The number of hydrogen-bond donors (Lipinski definition) is 2. The van der Waals surface area contributed by atoms with Crippen LogP contribution in [0.4, 0.5) is 9.93 Å². The summed E-state index contributed by atoms with van der Waals surface area (Å²) in [5.41, 5.74) is 7.30. The van der Waals surface area contributed by atoms with Gasteiger partial charge in [0.05, 0.1) is 6.04 Å². The van der Waals surface area contributed by atoms with Crippen molar-refractivity contribution in [3.8, 4) is 5.75 Å². The first-order chi connectivity index (χ1) is 20.1. The summed E-state index contributed by atoms with van der Waals surface area (Å²) in [6.45, 7) is 3.35. The minimum absolute atomic E-state index is 0.0163. The molecule has 4 N–H and O–H groups in total. The third-order valence-electron chi connectivity index (χ3n) is 6.45. The van der Waals surface area contributed by atoms with E-state index < -0.39 is 29.2 Å². The average molecular weight is 606 g/mol. The van der Waals surface area contributed by atoms with Gasteiger partial charge in [0.1, 0.15) is 24.4 Å². The Labute approximate surface area is 252 Å². The van der Waals surface area contributed by atoms with Gasteiger partial charge < -0.3 is 15.2 Å². The number of ketones is 1. The summed E-state index contributed by atoms with van der Waals surface area (Å²) in [4.78, 5) is 39.1. The maximum absolute atomic E-state index is 13.3. The van der Waals surface area contributed by atoms with Gasteiger partial charge in [-0.25, -0.2) is 15.6 Å². The maximum atomic E-state index is 13.3. The second-order valence-electron chi connectivity index (χ2n) is 10.00. The van der Waals surface area contributed by atoms with Crippen LogP contribution in [-0.2, 0) is 34.0 Å². The summed E-state index contributed by atoms with van der Waals surface area (Å²) in [7, 11) is 0. The number of hydrazine groups is 1. The molecule has 0 unspecified atom stereocenters. The molecule has 0 bridgehead atoms. The summed E-state index contributed by atoms with van der Waals surface area (Å²) in [5.74, 6) is 5.49. The highest BCUT2D eigenvalue weighted by atomic mass is 32.1. The number of nitrogens with two attached hydrogens (primary N) is 2. The van der Waals surface area contributed by atoms with Crippen LogP contribution in [-0.4, -0.2) is 33.6 Å². The molecule has 218 valence electrons. The first-order valence-corrected chi connectivity index (χ1v) is 14.2. The molecule has 0 aliphatic rings. The zero-order chi connectivity index (χ0) is 30.3. The van der Waals surface area contributed by atoms with Gasteiger partial charge in [-0.15, -0.1) is 9.78 Å². The molecule has 1 amide bonds. The van der Waals surface area contributed by atoms with Crippen LogP contribution in [0.15, 0.2) is 84.9 Å². The number of anilines is 1. The molecule has 0 fully saturated rings. The van der Waals surface area contributed by atoms with Gasteiger partial charge in [-0.1, -0.05) is 84.1 Å². The summed E-state index contributed by atoms with van der Waals surface area (Å²) in [5, 5.41) is 4.70. The van der Waals surface area contributed by atoms with E-state index in [-0.39, 0.29) is 22.1 Å². The monoisotopic (exact) mass is 605 g/mol. The van der Waals surface area contributed by atoms with Crippen LogP contribution in [0.2, 0.25) is 0 Å². The summed E-state index contributed by atoms with van der Waals surface area (Å²) in [6, 6.07) is 25.2. The molecular weight excluding hydrogens is 574 g/mol. The molecular formula is C30H31N5O5S2. The van der Waals surface area contributed by atoms with Crippen LogP contribution in [0.3, 0.4) is 0 Å². The summed E-state index contributed by atoms with van der Waals surface area (Å²) in [6.07, 6.45) is -0.610. The molecule has 0 aliphatic heterocycles. The normalized spacial score (nSPS) is 11.9. The number of nitrogens with zero attached hydrogens (tertiary/aromatic N) is 3. The lowest BCUT2D eigenvalue weighted by Crippen LogP contribution is -2.53. The zero-order valence-corrected chi connectivity index (χ0v) is 24.8. The Morgan fingerprint density at radius 1 is 0.929 bits per heavy atom. The van der Waals surface area contributed by atoms with Gasteiger partial charge in [-0.2, -0.15) is 0 Å². The largest absolute Gasteiger partial charge is 0.489 e. The van der Waals surface area contributed by atoms with Crippen molar-refractivity contribution in [2.45, 2.75) is 39.5 Å². The van der Waals surface area contributed by atoms with Crippen LogP contribution >= 0.6 is 23.6 Å². The molecule has 4 rings (SSSR count). The molecule has 0 aliphatic carbocycles. The van der Waals surface area contributed by atoms with Gasteiger partial charge in [0, 0.05) is 0 Å². The van der Waals surface area contributed by atoms with Crippen molar-refractivity contribution in [1.82, 2.24) is 9.78 Å². The molecule has 0 radical (unpaired) electrons. The van der Waals surface area contributed by atoms with Crippen molar-refractivity contribution in [1.29, 1.82) is 0 Å². The lowest BCUT2D eigenvalue weighted by molar-refractivity contribution is -0.139. The number of aromatic nitrogens is 2. The van der Waals surface area contributed by atoms with E-state index in [1.807, 2.05) is 72.8 Å². The molecule has 4 aromatic rings. The van der Waals surface area contributed by atoms with Crippen LogP contribution in [0, 0.1) is 9.37 Å². The Balaban J connectivity index is 1.35. The molecule has 1 aromatic heterocycles. The predicted molar refractivity (Wildman–Crippen MR) is 162 cm³/mol. The van der Waals surface area contributed by atoms with E-state index >= 15 is 0 Å². The Morgan fingerprint density at radius 3 is 2.10 bits per heavy atom. The van der Waals surface area contributed by atoms with Crippen molar-refractivity contribution in [2.75, 3.05) is 5.01 Å². The van der Waals surface area contributed by atoms with E-state index in [1.54, 1.807) is 12.1 Å². The van der Waals surface area contributed by atoms with Crippen molar-refractivity contribution < 1.29 is 23.9 Å². The molecule has 10 nitrogen and oxygen atoms in total. The minimum Gasteiger partial charge on any atom is -0.489 e. The smallest absolute Gasteiger partial charge is 0.437 e. The van der Waals surface area contributed by atoms with Gasteiger partial charge in [0.2, 0.25) is 5.13 Å². The minimum atomic E-state index is -1.58. The molecule has 12 heteroatoms. The number of carbonyl (C=O) groups excluding carboxylic acids is 3. The van der Waals surface area contributed by atoms with E-state index in [0.29, 0.717) is 17.4 Å². The molecule has 3 aromatic carbocycles. The van der Waals surface area contributed by atoms with E-state index in [4.69, 9.17) is 33.3 Å².